The van der Waals surface area contributed by atoms with Crippen LogP contribution in [0.1, 0.15) is 23.6 Å². The van der Waals surface area contributed by atoms with Crippen LogP contribution in [-0.4, -0.2) is 37.2 Å². The normalized spacial score (nSPS) is 16.2. The second kappa shape index (κ2) is 7.63. The molecule has 0 aromatic heterocycles. The van der Waals surface area contributed by atoms with E-state index in [1.54, 1.807) is 4.90 Å². The number of carbonyl (C=O) groups is 2. The fourth-order valence-corrected chi connectivity index (χ4v) is 2.76. The first-order valence-corrected chi connectivity index (χ1v) is 7.46. The highest BCUT2D eigenvalue weighted by atomic mass is 16.6. The van der Waals surface area contributed by atoms with Gasteiger partial charge < -0.3 is 14.4 Å². The first-order valence-electron chi connectivity index (χ1n) is 7.46. The van der Waals surface area contributed by atoms with E-state index in [2.05, 4.69) is 13.2 Å². The molecule has 1 aromatic carbocycles. The number of esters is 1. The number of methoxy groups -OCH3 is 1. The molecule has 0 saturated heterocycles. The molecule has 1 atom stereocenters. The number of benzene rings is 1. The van der Waals surface area contributed by atoms with Gasteiger partial charge in [0, 0.05) is 18.5 Å². The van der Waals surface area contributed by atoms with E-state index in [1.165, 1.54) is 18.7 Å². The molecule has 0 radical (unpaired) electrons. The van der Waals surface area contributed by atoms with Crippen molar-refractivity contribution in [3.8, 4) is 0 Å². The Morgan fingerprint density at radius 3 is 2.83 bits per heavy atom. The second-order valence-electron chi connectivity index (χ2n) is 5.32. The monoisotopic (exact) mass is 315 g/mol. The minimum atomic E-state index is -0.465. The summed E-state index contributed by atoms with van der Waals surface area (Å²) in [6, 6.07) is 7.61. The molecule has 23 heavy (non-hydrogen) atoms. The van der Waals surface area contributed by atoms with Crippen molar-refractivity contribution in [3.63, 3.8) is 0 Å². The molecule has 1 aromatic rings. The zero-order valence-corrected chi connectivity index (χ0v) is 13.3. The maximum absolute atomic E-state index is 12.3. The van der Waals surface area contributed by atoms with E-state index in [4.69, 9.17) is 9.47 Å². The lowest BCUT2D eigenvalue weighted by Gasteiger charge is -2.36. The average molecular weight is 315 g/mol. The van der Waals surface area contributed by atoms with Gasteiger partial charge in [-0.1, -0.05) is 43.5 Å². The Morgan fingerprint density at radius 1 is 1.39 bits per heavy atom. The van der Waals surface area contributed by atoms with Gasteiger partial charge >= 0.3 is 12.1 Å². The average Bonchev–Trinajstić information content (AvgIpc) is 2.59. The highest BCUT2D eigenvalue weighted by Gasteiger charge is 2.32. The van der Waals surface area contributed by atoms with Crippen molar-refractivity contribution in [2.24, 2.45) is 0 Å². The molecule has 0 fully saturated rings. The summed E-state index contributed by atoms with van der Waals surface area (Å²) < 4.78 is 9.88. The van der Waals surface area contributed by atoms with Gasteiger partial charge in [0.2, 0.25) is 0 Å². The van der Waals surface area contributed by atoms with Crippen molar-refractivity contribution >= 4 is 12.1 Å². The van der Waals surface area contributed by atoms with Gasteiger partial charge in [-0.25, -0.2) is 9.59 Å². The third-order valence-corrected chi connectivity index (χ3v) is 3.89. The highest BCUT2D eigenvalue weighted by molar-refractivity contribution is 5.87. The van der Waals surface area contributed by atoms with Gasteiger partial charge in [0.1, 0.15) is 6.61 Å². The Kier molecular flexibility index (Phi) is 5.57. The second-order valence-corrected chi connectivity index (χ2v) is 5.32. The van der Waals surface area contributed by atoms with Crippen molar-refractivity contribution < 1.29 is 19.1 Å². The van der Waals surface area contributed by atoms with Crippen molar-refractivity contribution in [1.29, 1.82) is 0 Å². The fraction of sp³-hybridized carbons (Fsp3) is 0.333. The van der Waals surface area contributed by atoms with E-state index in [0.29, 0.717) is 18.5 Å². The first-order chi connectivity index (χ1) is 11.1. The van der Waals surface area contributed by atoms with Gasteiger partial charge in [0.25, 0.3) is 0 Å². The van der Waals surface area contributed by atoms with Crippen LogP contribution >= 0.6 is 0 Å². The van der Waals surface area contributed by atoms with Crippen molar-refractivity contribution in [3.05, 3.63) is 60.2 Å². The molecule has 0 bridgehead atoms. The number of hydrogen-bond acceptors (Lipinski definition) is 4. The summed E-state index contributed by atoms with van der Waals surface area (Å²) in [4.78, 5) is 25.6. The van der Waals surface area contributed by atoms with Crippen LogP contribution in [0.2, 0.25) is 0 Å². The third kappa shape index (κ3) is 3.80. The standard InChI is InChI=1S/C18H21NO4/c1-4-11-23-18(21)19-10-9-14-7-5-6-8-15(14)16(19)12-13(2)17(20)22-3/h4-8,16H,1-2,9-12H2,3H3. The van der Waals surface area contributed by atoms with Crippen LogP contribution in [0.15, 0.2) is 49.1 Å². The number of rotatable bonds is 5. The summed E-state index contributed by atoms with van der Waals surface area (Å²) in [5.74, 6) is -0.465. The first kappa shape index (κ1) is 16.8. The van der Waals surface area contributed by atoms with E-state index in [-0.39, 0.29) is 12.6 Å². The lowest BCUT2D eigenvalue weighted by molar-refractivity contribution is -0.136. The van der Waals surface area contributed by atoms with Crippen molar-refractivity contribution in [2.45, 2.75) is 18.9 Å². The smallest absolute Gasteiger partial charge is 0.410 e. The van der Waals surface area contributed by atoms with Gasteiger partial charge in [-0.05, 0) is 17.5 Å². The molecule has 122 valence electrons. The zero-order valence-electron chi connectivity index (χ0n) is 13.3. The molecule has 5 heteroatoms. The topological polar surface area (TPSA) is 55.8 Å². The van der Waals surface area contributed by atoms with E-state index < -0.39 is 12.1 Å². The number of fused-ring (bicyclic) bond motifs is 1. The predicted molar refractivity (Wildman–Crippen MR) is 86.9 cm³/mol. The Balaban J connectivity index is 2.27. The van der Waals surface area contributed by atoms with Gasteiger partial charge in [-0.15, -0.1) is 0 Å². The van der Waals surface area contributed by atoms with E-state index in [1.807, 2.05) is 24.3 Å². The van der Waals surface area contributed by atoms with E-state index in [9.17, 15) is 9.59 Å². The van der Waals surface area contributed by atoms with E-state index in [0.717, 1.165) is 12.0 Å². The third-order valence-electron chi connectivity index (χ3n) is 3.89. The molecule has 1 aliphatic heterocycles. The maximum Gasteiger partial charge on any atom is 0.410 e. The minimum Gasteiger partial charge on any atom is -0.466 e. The number of ether oxygens (including phenoxy) is 2. The van der Waals surface area contributed by atoms with Crippen LogP contribution in [0.4, 0.5) is 4.79 Å². The Hall–Kier alpha value is -2.56. The van der Waals surface area contributed by atoms with Crippen LogP contribution < -0.4 is 0 Å². The zero-order chi connectivity index (χ0) is 16.8. The van der Waals surface area contributed by atoms with Crippen LogP contribution in [-0.2, 0) is 20.7 Å². The summed E-state index contributed by atoms with van der Waals surface area (Å²) in [5.41, 5.74) is 2.51. The summed E-state index contributed by atoms with van der Waals surface area (Å²) in [6.45, 7) is 8.01. The molecule has 0 N–H and O–H groups in total. The number of carbonyl (C=O) groups excluding carboxylic acids is 2. The molecule has 1 aliphatic rings. The predicted octanol–water partition coefficient (Wildman–Crippen LogP) is 3.03. The SMILES string of the molecule is C=CCOC(=O)N1CCc2ccccc2C1CC(=C)C(=O)OC. The Morgan fingerprint density at radius 2 is 2.13 bits per heavy atom. The minimum absolute atomic E-state index is 0.154. The maximum atomic E-state index is 12.3. The molecule has 1 heterocycles. The highest BCUT2D eigenvalue weighted by Crippen LogP contribution is 2.34. The molecular formula is C18H21NO4. The van der Waals surface area contributed by atoms with Gasteiger partial charge in [0.05, 0.1) is 13.2 Å². The molecule has 0 aliphatic carbocycles. The van der Waals surface area contributed by atoms with E-state index >= 15 is 0 Å². The van der Waals surface area contributed by atoms with Gasteiger partial charge in [0.15, 0.2) is 0 Å². The van der Waals surface area contributed by atoms with Crippen LogP contribution in [0.5, 0.6) is 0 Å². The van der Waals surface area contributed by atoms with Crippen LogP contribution in [0, 0.1) is 0 Å². The van der Waals surface area contributed by atoms with Crippen molar-refractivity contribution in [2.75, 3.05) is 20.3 Å². The summed E-state index contributed by atoms with van der Waals surface area (Å²) >= 11 is 0. The number of nitrogens with zero attached hydrogens (tertiary/aromatic N) is 1. The molecule has 0 spiro atoms. The molecule has 1 amide bonds. The van der Waals surface area contributed by atoms with Crippen LogP contribution in [0.3, 0.4) is 0 Å². The fourth-order valence-electron chi connectivity index (χ4n) is 2.76. The molecule has 0 saturated carbocycles. The van der Waals surface area contributed by atoms with Crippen molar-refractivity contribution in [1.82, 2.24) is 4.90 Å². The number of hydrogen-bond donors (Lipinski definition) is 0. The lowest BCUT2D eigenvalue weighted by Crippen LogP contribution is -2.41. The van der Waals surface area contributed by atoms with Crippen LogP contribution in [0.25, 0.3) is 0 Å². The summed E-state index contributed by atoms with van der Waals surface area (Å²) in [7, 11) is 1.32. The summed E-state index contributed by atoms with van der Waals surface area (Å²) in [6.07, 6.45) is 2.17. The van der Waals surface area contributed by atoms with Gasteiger partial charge in [-0.3, -0.25) is 0 Å². The largest absolute Gasteiger partial charge is 0.466 e. The Bertz CT molecular complexity index is 623. The molecule has 2 rings (SSSR count). The lowest BCUT2D eigenvalue weighted by atomic mass is 9.89. The molecular weight excluding hydrogens is 294 g/mol. The Labute approximate surface area is 136 Å². The quantitative estimate of drug-likeness (QED) is 0.476. The molecule has 5 nitrogen and oxygen atoms in total. The summed E-state index contributed by atoms with van der Waals surface area (Å²) in [5, 5.41) is 0. The van der Waals surface area contributed by atoms with Gasteiger partial charge in [-0.2, -0.15) is 0 Å². The number of amides is 1. The molecule has 1 unspecified atom stereocenters.